The Morgan fingerprint density at radius 2 is 2.06 bits per heavy atom. The molecule has 2 fully saturated rings. The molecule has 0 bridgehead atoms. The minimum Gasteiger partial charge on any atom is -0.481 e. The summed E-state index contributed by atoms with van der Waals surface area (Å²) in [5.74, 6) is -0.903. The predicted octanol–water partition coefficient (Wildman–Crippen LogP) is 0.294. The lowest BCUT2D eigenvalue weighted by atomic mass is 9.67. The van der Waals surface area contributed by atoms with Crippen molar-refractivity contribution in [3.63, 3.8) is 0 Å². The summed E-state index contributed by atoms with van der Waals surface area (Å²) in [7, 11) is 0. The van der Waals surface area contributed by atoms with Crippen molar-refractivity contribution in [3.8, 4) is 0 Å². The van der Waals surface area contributed by atoms with E-state index in [4.69, 9.17) is 10.8 Å². The fourth-order valence-corrected chi connectivity index (χ4v) is 2.64. The van der Waals surface area contributed by atoms with Crippen LogP contribution in [0.3, 0.4) is 0 Å². The third-order valence-corrected chi connectivity index (χ3v) is 4.45. The molecule has 1 saturated carbocycles. The van der Waals surface area contributed by atoms with Gasteiger partial charge in [-0.15, -0.1) is 0 Å². The van der Waals surface area contributed by atoms with Crippen molar-refractivity contribution in [2.45, 2.75) is 26.2 Å². The molecule has 0 radical (unpaired) electrons. The Morgan fingerprint density at radius 3 is 2.41 bits per heavy atom. The van der Waals surface area contributed by atoms with E-state index in [1.165, 1.54) is 0 Å². The quantitative estimate of drug-likeness (QED) is 0.740. The SMILES string of the molecule is CC(C(=O)O)C1CN(C(=O)C2(CN)CCC2)C1. The van der Waals surface area contributed by atoms with E-state index >= 15 is 0 Å². The number of carbonyl (C=O) groups is 2. The maximum Gasteiger partial charge on any atom is 0.306 e. The number of carboxylic acids is 1. The zero-order valence-corrected chi connectivity index (χ0v) is 10.2. The van der Waals surface area contributed by atoms with Gasteiger partial charge in [0.15, 0.2) is 0 Å². The Kier molecular flexibility index (Phi) is 3.12. The number of hydrogen-bond donors (Lipinski definition) is 2. The normalized spacial score (nSPS) is 24.7. The van der Waals surface area contributed by atoms with Gasteiger partial charge in [0.05, 0.1) is 11.3 Å². The first kappa shape index (κ1) is 12.4. The van der Waals surface area contributed by atoms with Crippen molar-refractivity contribution in [2.75, 3.05) is 19.6 Å². The van der Waals surface area contributed by atoms with E-state index in [2.05, 4.69) is 0 Å². The van der Waals surface area contributed by atoms with Crippen LogP contribution in [-0.2, 0) is 9.59 Å². The molecule has 1 aliphatic carbocycles. The molecule has 0 spiro atoms. The molecule has 1 atom stereocenters. The number of aliphatic carboxylic acids is 1. The fourth-order valence-electron chi connectivity index (χ4n) is 2.64. The summed E-state index contributed by atoms with van der Waals surface area (Å²) in [5, 5.41) is 8.88. The van der Waals surface area contributed by atoms with Crippen LogP contribution in [0.2, 0.25) is 0 Å². The van der Waals surface area contributed by atoms with Crippen LogP contribution in [0.15, 0.2) is 0 Å². The van der Waals surface area contributed by atoms with Crippen molar-refractivity contribution in [2.24, 2.45) is 23.0 Å². The summed E-state index contributed by atoms with van der Waals surface area (Å²) in [4.78, 5) is 24.8. The molecular weight excluding hydrogens is 220 g/mol. The van der Waals surface area contributed by atoms with Gasteiger partial charge in [0.1, 0.15) is 0 Å². The summed E-state index contributed by atoms with van der Waals surface area (Å²) in [5.41, 5.74) is 5.37. The lowest BCUT2D eigenvalue weighted by Gasteiger charge is -2.49. The van der Waals surface area contributed by atoms with Crippen LogP contribution < -0.4 is 5.73 Å². The van der Waals surface area contributed by atoms with E-state index in [9.17, 15) is 9.59 Å². The van der Waals surface area contributed by atoms with Gasteiger partial charge in [0, 0.05) is 25.6 Å². The van der Waals surface area contributed by atoms with Crippen LogP contribution in [-0.4, -0.2) is 41.5 Å². The number of carboxylic acid groups (broad SMARTS) is 1. The molecule has 0 aromatic carbocycles. The van der Waals surface area contributed by atoms with Crippen molar-refractivity contribution < 1.29 is 14.7 Å². The second-order valence-corrected chi connectivity index (χ2v) is 5.44. The Balaban J connectivity index is 1.87. The highest BCUT2D eigenvalue weighted by atomic mass is 16.4. The Bertz CT molecular complexity index is 327. The smallest absolute Gasteiger partial charge is 0.306 e. The first-order chi connectivity index (χ1) is 8.00. The highest BCUT2D eigenvalue weighted by molar-refractivity contribution is 5.85. The maximum absolute atomic E-state index is 12.2. The zero-order valence-electron chi connectivity index (χ0n) is 10.2. The number of carbonyl (C=O) groups excluding carboxylic acids is 1. The van der Waals surface area contributed by atoms with Gasteiger partial charge in [-0.1, -0.05) is 13.3 Å². The first-order valence-electron chi connectivity index (χ1n) is 6.22. The van der Waals surface area contributed by atoms with Crippen LogP contribution in [0, 0.1) is 17.3 Å². The molecule has 1 aliphatic heterocycles. The molecule has 5 heteroatoms. The van der Waals surface area contributed by atoms with Crippen LogP contribution in [0.25, 0.3) is 0 Å². The van der Waals surface area contributed by atoms with E-state index < -0.39 is 5.97 Å². The van der Waals surface area contributed by atoms with Crippen LogP contribution >= 0.6 is 0 Å². The third-order valence-electron chi connectivity index (χ3n) is 4.45. The summed E-state index contributed by atoms with van der Waals surface area (Å²) in [6.07, 6.45) is 2.85. The van der Waals surface area contributed by atoms with Crippen LogP contribution in [0.1, 0.15) is 26.2 Å². The second-order valence-electron chi connectivity index (χ2n) is 5.44. The number of nitrogens with two attached hydrogens (primary N) is 1. The molecule has 1 amide bonds. The molecule has 96 valence electrons. The minimum atomic E-state index is -0.778. The van der Waals surface area contributed by atoms with Crippen LogP contribution in [0.4, 0.5) is 0 Å². The van der Waals surface area contributed by atoms with E-state index in [0.717, 1.165) is 19.3 Å². The van der Waals surface area contributed by atoms with E-state index in [0.29, 0.717) is 19.6 Å². The Morgan fingerprint density at radius 1 is 1.47 bits per heavy atom. The third kappa shape index (κ3) is 1.92. The van der Waals surface area contributed by atoms with Gasteiger partial charge in [-0.25, -0.2) is 0 Å². The van der Waals surface area contributed by atoms with E-state index in [1.807, 2.05) is 0 Å². The molecule has 0 aromatic rings. The van der Waals surface area contributed by atoms with Gasteiger partial charge in [0.2, 0.25) is 5.91 Å². The van der Waals surface area contributed by atoms with Gasteiger partial charge in [-0.05, 0) is 12.8 Å². The summed E-state index contributed by atoms with van der Waals surface area (Å²) in [6, 6.07) is 0. The molecule has 0 aromatic heterocycles. The number of hydrogen-bond acceptors (Lipinski definition) is 3. The first-order valence-corrected chi connectivity index (χ1v) is 6.22. The monoisotopic (exact) mass is 240 g/mol. The number of nitrogens with zero attached hydrogens (tertiary/aromatic N) is 1. The largest absolute Gasteiger partial charge is 0.481 e. The molecule has 3 N–H and O–H groups in total. The molecule has 1 heterocycles. The number of rotatable bonds is 4. The van der Waals surface area contributed by atoms with Crippen LogP contribution in [0.5, 0.6) is 0 Å². The molecule has 17 heavy (non-hydrogen) atoms. The van der Waals surface area contributed by atoms with Crippen molar-refractivity contribution in [1.82, 2.24) is 4.90 Å². The summed E-state index contributed by atoms with van der Waals surface area (Å²) >= 11 is 0. The van der Waals surface area contributed by atoms with Gasteiger partial charge in [-0.2, -0.15) is 0 Å². The van der Waals surface area contributed by atoms with Crippen molar-refractivity contribution in [3.05, 3.63) is 0 Å². The minimum absolute atomic E-state index is 0.103. The second kappa shape index (κ2) is 4.29. The average molecular weight is 240 g/mol. The number of amides is 1. The average Bonchev–Trinajstić information content (AvgIpc) is 2.14. The summed E-state index contributed by atoms with van der Waals surface area (Å²) < 4.78 is 0. The standard InChI is InChI=1S/C12H20N2O3/c1-8(10(15)16)9-5-14(6-9)11(17)12(7-13)3-2-4-12/h8-9H,2-7,13H2,1H3,(H,15,16). The predicted molar refractivity (Wildman–Crippen MR) is 62.2 cm³/mol. The van der Waals surface area contributed by atoms with E-state index in [1.54, 1.807) is 11.8 Å². The highest BCUT2D eigenvalue weighted by Crippen LogP contribution is 2.43. The molecular formula is C12H20N2O3. The van der Waals surface area contributed by atoms with Gasteiger partial charge >= 0.3 is 5.97 Å². The zero-order chi connectivity index (χ0) is 12.6. The highest BCUT2D eigenvalue weighted by Gasteiger charge is 2.48. The fraction of sp³-hybridized carbons (Fsp3) is 0.833. The van der Waals surface area contributed by atoms with Gasteiger partial charge in [0.25, 0.3) is 0 Å². The molecule has 2 rings (SSSR count). The molecule has 5 nitrogen and oxygen atoms in total. The number of likely N-dealkylation sites (tertiary alicyclic amines) is 1. The summed E-state index contributed by atoms with van der Waals surface area (Å²) in [6.45, 7) is 3.28. The van der Waals surface area contributed by atoms with Gasteiger partial charge < -0.3 is 15.7 Å². The molecule has 1 saturated heterocycles. The lowest BCUT2D eigenvalue weighted by Crippen LogP contribution is -2.60. The van der Waals surface area contributed by atoms with E-state index in [-0.39, 0.29) is 23.2 Å². The Hall–Kier alpha value is -1.10. The molecule has 1 unspecified atom stereocenters. The molecule has 2 aliphatic rings. The maximum atomic E-state index is 12.2. The van der Waals surface area contributed by atoms with Crippen molar-refractivity contribution in [1.29, 1.82) is 0 Å². The Labute approximate surface area is 101 Å². The lowest BCUT2D eigenvalue weighted by molar-refractivity contribution is -0.159. The van der Waals surface area contributed by atoms with Crippen molar-refractivity contribution >= 4 is 11.9 Å². The van der Waals surface area contributed by atoms with Gasteiger partial charge in [-0.3, -0.25) is 9.59 Å². The topological polar surface area (TPSA) is 83.6 Å².